The predicted molar refractivity (Wildman–Crippen MR) is 60.5 cm³/mol. The lowest BCUT2D eigenvalue weighted by Gasteiger charge is -2.05. The predicted octanol–water partition coefficient (Wildman–Crippen LogP) is 0.983. The van der Waals surface area contributed by atoms with Crippen molar-refractivity contribution in [1.82, 2.24) is 25.1 Å². The van der Waals surface area contributed by atoms with E-state index >= 15 is 0 Å². The van der Waals surface area contributed by atoms with Crippen LogP contribution in [0.5, 0.6) is 0 Å². The van der Waals surface area contributed by atoms with E-state index in [-0.39, 0.29) is 0 Å². The average molecular weight is 217 g/mol. The lowest BCUT2D eigenvalue weighted by atomic mass is 10.4. The third-order valence-corrected chi connectivity index (χ3v) is 2.36. The molecule has 0 atom stereocenters. The number of hydrogen-bond donors (Lipinski definition) is 1. The number of aromatic nitrogens is 4. The van der Waals surface area contributed by atoms with Crippen LogP contribution >= 0.6 is 0 Å². The monoisotopic (exact) mass is 217 g/mol. The van der Waals surface area contributed by atoms with Crippen molar-refractivity contribution in [3.63, 3.8) is 0 Å². The van der Waals surface area contributed by atoms with Gasteiger partial charge >= 0.3 is 0 Å². The van der Waals surface area contributed by atoms with E-state index in [2.05, 4.69) is 32.0 Å². The zero-order chi connectivity index (χ0) is 11.2. The lowest BCUT2D eigenvalue weighted by Crippen LogP contribution is -2.17. The van der Waals surface area contributed by atoms with Gasteiger partial charge in [0.25, 0.3) is 0 Å². The van der Waals surface area contributed by atoms with Crippen molar-refractivity contribution in [2.24, 2.45) is 0 Å². The van der Waals surface area contributed by atoms with Crippen LogP contribution in [0.3, 0.4) is 0 Å². The van der Waals surface area contributed by atoms with Crippen LogP contribution in [0.4, 0.5) is 0 Å². The van der Waals surface area contributed by atoms with E-state index in [1.54, 1.807) is 6.20 Å². The lowest BCUT2D eigenvalue weighted by molar-refractivity contribution is 0.604. The molecule has 5 nitrogen and oxygen atoms in total. The van der Waals surface area contributed by atoms with Crippen molar-refractivity contribution in [1.29, 1.82) is 0 Å². The zero-order valence-corrected chi connectivity index (χ0v) is 9.30. The van der Waals surface area contributed by atoms with Crippen molar-refractivity contribution in [3.05, 3.63) is 42.2 Å². The Morgan fingerprint density at radius 2 is 2.25 bits per heavy atom. The molecule has 2 heterocycles. The first-order valence-corrected chi connectivity index (χ1v) is 5.37. The van der Waals surface area contributed by atoms with Crippen LogP contribution in [0.2, 0.25) is 0 Å². The molecule has 0 saturated heterocycles. The van der Waals surface area contributed by atoms with Gasteiger partial charge in [-0.15, -0.1) is 0 Å². The summed E-state index contributed by atoms with van der Waals surface area (Å²) in [5.41, 5.74) is 0.942. The summed E-state index contributed by atoms with van der Waals surface area (Å²) in [5.74, 6) is 1.05. The van der Waals surface area contributed by atoms with Crippen molar-refractivity contribution >= 4 is 0 Å². The zero-order valence-electron chi connectivity index (χ0n) is 9.30. The first-order valence-electron chi connectivity index (χ1n) is 5.37. The summed E-state index contributed by atoms with van der Waals surface area (Å²) in [6.07, 6.45) is 5.48. The molecule has 0 bridgehead atoms. The smallest absolute Gasteiger partial charge is 0.122 e. The molecule has 0 amide bonds. The van der Waals surface area contributed by atoms with Crippen molar-refractivity contribution < 1.29 is 0 Å². The summed E-state index contributed by atoms with van der Waals surface area (Å²) >= 11 is 0. The maximum Gasteiger partial charge on any atom is 0.122 e. The van der Waals surface area contributed by atoms with Crippen LogP contribution in [-0.4, -0.2) is 19.7 Å². The highest BCUT2D eigenvalue weighted by atomic mass is 15.1. The molecule has 0 aliphatic rings. The highest BCUT2D eigenvalue weighted by Gasteiger charge is 2.00. The van der Waals surface area contributed by atoms with Crippen LogP contribution in [-0.2, 0) is 19.6 Å². The van der Waals surface area contributed by atoms with Gasteiger partial charge in [0.1, 0.15) is 5.82 Å². The first-order chi connectivity index (χ1) is 7.90. The maximum atomic E-state index is 4.28. The summed E-state index contributed by atoms with van der Waals surface area (Å²) < 4.78 is 2.11. The summed E-state index contributed by atoms with van der Waals surface area (Å²) in [6.45, 7) is 4.51. The second-order valence-electron chi connectivity index (χ2n) is 3.45. The van der Waals surface area contributed by atoms with Gasteiger partial charge in [-0.2, -0.15) is 10.2 Å². The molecule has 0 saturated carbocycles. The largest absolute Gasteiger partial charge is 0.334 e. The first kappa shape index (κ1) is 10.8. The van der Waals surface area contributed by atoms with Crippen molar-refractivity contribution in [2.75, 3.05) is 0 Å². The molecular formula is C11H15N5. The fourth-order valence-corrected chi connectivity index (χ4v) is 1.53. The minimum atomic E-state index is 0.713. The number of rotatable bonds is 5. The van der Waals surface area contributed by atoms with Crippen LogP contribution in [0.15, 0.2) is 30.7 Å². The van der Waals surface area contributed by atoms with E-state index < -0.39 is 0 Å². The molecule has 2 aromatic rings. The summed E-state index contributed by atoms with van der Waals surface area (Å²) in [4.78, 5) is 4.28. The standard InChI is InChI=1S/C11H15N5/c1-2-16-7-6-13-11(16)9-12-8-10-4-3-5-14-15-10/h3-7,12H,2,8-9H2,1H3. The normalized spacial score (nSPS) is 10.6. The van der Waals surface area contributed by atoms with Crippen molar-refractivity contribution in [2.45, 2.75) is 26.6 Å². The molecule has 84 valence electrons. The highest BCUT2D eigenvalue weighted by molar-refractivity contribution is 4.99. The van der Waals surface area contributed by atoms with E-state index in [9.17, 15) is 0 Å². The molecule has 1 N–H and O–H groups in total. The van der Waals surface area contributed by atoms with Crippen molar-refractivity contribution in [3.8, 4) is 0 Å². The van der Waals surface area contributed by atoms with Gasteiger partial charge in [0.15, 0.2) is 0 Å². The molecule has 16 heavy (non-hydrogen) atoms. The van der Waals surface area contributed by atoms with E-state index in [1.807, 2.05) is 24.5 Å². The topological polar surface area (TPSA) is 55.6 Å². The Bertz CT molecular complexity index is 423. The minimum Gasteiger partial charge on any atom is -0.334 e. The summed E-state index contributed by atoms with van der Waals surface area (Å²) in [6, 6.07) is 3.84. The Morgan fingerprint density at radius 1 is 1.31 bits per heavy atom. The Morgan fingerprint density at radius 3 is 3.00 bits per heavy atom. The fraction of sp³-hybridized carbons (Fsp3) is 0.364. The van der Waals surface area contributed by atoms with Crippen LogP contribution in [0.25, 0.3) is 0 Å². The molecule has 0 aliphatic heterocycles. The van der Waals surface area contributed by atoms with E-state index in [0.717, 1.165) is 24.6 Å². The van der Waals surface area contributed by atoms with Gasteiger partial charge in [0, 0.05) is 31.7 Å². The molecule has 5 heteroatoms. The van der Waals surface area contributed by atoms with E-state index in [4.69, 9.17) is 0 Å². The number of imidazole rings is 1. The molecular weight excluding hydrogens is 202 g/mol. The van der Waals surface area contributed by atoms with Gasteiger partial charge in [-0.3, -0.25) is 0 Å². The SMILES string of the molecule is CCn1ccnc1CNCc1cccnn1. The molecule has 0 unspecified atom stereocenters. The molecule has 0 aliphatic carbocycles. The van der Waals surface area contributed by atoms with E-state index in [0.29, 0.717) is 6.54 Å². The second-order valence-corrected chi connectivity index (χ2v) is 3.45. The Kier molecular flexibility index (Phi) is 3.61. The summed E-state index contributed by atoms with van der Waals surface area (Å²) in [7, 11) is 0. The molecule has 0 spiro atoms. The highest BCUT2D eigenvalue weighted by Crippen LogP contribution is 1.97. The van der Waals surface area contributed by atoms with Gasteiger partial charge in [-0.25, -0.2) is 4.98 Å². The molecule has 2 aromatic heterocycles. The fourth-order valence-electron chi connectivity index (χ4n) is 1.53. The Labute approximate surface area is 94.5 Å². The quantitative estimate of drug-likeness (QED) is 0.811. The number of hydrogen-bond acceptors (Lipinski definition) is 4. The molecule has 0 radical (unpaired) electrons. The van der Waals surface area contributed by atoms with Gasteiger partial charge in [0.2, 0.25) is 0 Å². The minimum absolute atomic E-state index is 0.713. The number of aryl methyl sites for hydroxylation is 1. The van der Waals surface area contributed by atoms with Gasteiger partial charge in [-0.1, -0.05) is 0 Å². The summed E-state index contributed by atoms with van der Waals surface area (Å²) in [5, 5.41) is 11.1. The third-order valence-electron chi connectivity index (χ3n) is 2.36. The average Bonchev–Trinajstić information content (AvgIpc) is 2.78. The molecule has 0 fully saturated rings. The Hall–Kier alpha value is -1.75. The van der Waals surface area contributed by atoms with Crippen LogP contribution in [0.1, 0.15) is 18.4 Å². The van der Waals surface area contributed by atoms with Gasteiger partial charge < -0.3 is 9.88 Å². The molecule has 2 rings (SSSR count). The van der Waals surface area contributed by atoms with Crippen LogP contribution in [0, 0.1) is 0 Å². The number of nitrogens with zero attached hydrogens (tertiary/aromatic N) is 4. The maximum absolute atomic E-state index is 4.28. The van der Waals surface area contributed by atoms with E-state index in [1.165, 1.54) is 0 Å². The van der Waals surface area contributed by atoms with Gasteiger partial charge in [-0.05, 0) is 19.1 Å². The van der Waals surface area contributed by atoms with Gasteiger partial charge in [0.05, 0.1) is 12.2 Å². The number of nitrogens with one attached hydrogen (secondary N) is 1. The second kappa shape index (κ2) is 5.37. The van der Waals surface area contributed by atoms with Crippen LogP contribution < -0.4 is 5.32 Å². The Balaban J connectivity index is 1.85. The third kappa shape index (κ3) is 2.64. The molecule has 0 aromatic carbocycles.